The first kappa shape index (κ1) is 7.22. The Balaban J connectivity index is 2.27. The highest BCUT2D eigenvalue weighted by Gasteiger charge is 2.13. The fourth-order valence-corrected chi connectivity index (χ4v) is 1.18. The average Bonchev–Trinajstić information content (AvgIpc) is 2.53. The molecular formula is C10H10NO. The minimum absolute atomic E-state index is 1.10. The Hall–Kier alpha value is -1.44. The molecule has 0 fully saturated rings. The first-order valence-electron chi connectivity index (χ1n) is 3.88. The van der Waals surface area contributed by atoms with Crippen LogP contribution in [0.2, 0.25) is 0 Å². The normalized spacial score (nSPS) is 15.8. The van der Waals surface area contributed by atoms with E-state index in [4.69, 9.17) is 4.74 Å². The fraction of sp³-hybridized carbons (Fsp3) is 0.100. The van der Waals surface area contributed by atoms with Gasteiger partial charge >= 0.3 is 0 Å². The summed E-state index contributed by atoms with van der Waals surface area (Å²) in [6, 6.07) is 10.1. The monoisotopic (exact) mass is 160 g/mol. The van der Waals surface area contributed by atoms with Gasteiger partial charge in [0, 0.05) is 5.69 Å². The minimum Gasteiger partial charge on any atom is -0.470 e. The maximum atomic E-state index is 5.06. The molecule has 1 aromatic rings. The molecule has 0 aromatic heterocycles. The van der Waals surface area contributed by atoms with Crippen LogP contribution in [0, 0.1) is 6.73 Å². The Morgan fingerprint density at radius 2 is 1.92 bits per heavy atom. The van der Waals surface area contributed by atoms with Crippen LogP contribution in [0.4, 0.5) is 5.69 Å². The number of ether oxygens (including phenoxy) is 1. The summed E-state index contributed by atoms with van der Waals surface area (Å²) in [6.07, 6.45) is 1.73. The van der Waals surface area contributed by atoms with Gasteiger partial charge in [0.05, 0.1) is 5.70 Å². The summed E-state index contributed by atoms with van der Waals surface area (Å²) < 4.78 is 5.06. The number of anilines is 1. The van der Waals surface area contributed by atoms with E-state index in [0.29, 0.717) is 0 Å². The smallest absolute Gasteiger partial charge is 0.232 e. The summed E-state index contributed by atoms with van der Waals surface area (Å²) in [4.78, 5) is 2.00. The van der Waals surface area contributed by atoms with Gasteiger partial charge in [-0.25, -0.2) is 0 Å². The number of allylic oxidation sites excluding steroid dienone is 1. The molecule has 1 aromatic carbocycles. The van der Waals surface area contributed by atoms with Gasteiger partial charge in [-0.05, 0) is 19.1 Å². The van der Waals surface area contributed by atoms with E-state index >= 15 is 0 Å². The Bertz CT molecular complexity index is 292. The van der Waals surface area contributed by atoms with Crippen LogP contribution in [-0.2, 0) is 4.74 Å². The summed E-state index contributed by atoms with van der Waals surface area (Å²) in [5.74, 6) is 0. The minimum atomic E-state index is 1.10. The molecule has 0 unspecified atom stereocenters. The molecule has 0 spiro atoms. The van der Waals surface area contributed by atoms with Crippen molar-refractivity contribution in [2.75, 3.05) is 4.90 Å². The van der Waals surface area contributed by atoms with Gasteiger partial charge < -0.3 is 9.64 Å². The molecule has 0 atom stereocenters. The first-order chi connectivity index (χ1) is 5.88. The molecule has 1 aliphatic rings. The molecular weight excluding hydrogens is 150 g/mol. The van der Waals surface area contributed by atoms with Crippen LogP contribution in [-0.4, -0.2) is 0 Å². The van der Waals surface area contributed by atoms with Gasteiger partial charge in [-0.1, -0.05) is 18.2 Å². The van der Waals surface area contributed by atoms with Crippen LogP contribution in [0.15, 0.2) is 42.3 Å². The number of nitrogens with zero attached hydrogens (tertiary/aromatic N) is 1. The van der Waals surface area contributed by atoms with Gasteiger partial charge in [0.15, 0.2) is 0 Å². The van der Waals surface area contributed by atoms with Crippen LogP contribution in [0.5, 0.6) is 0 Å². The van der Waals surface area contributed by atoms with Crippen molar-refractivity contribution in [3.8, 4) is 0 Å². The van der Waals surface area contributed by atoms with E-state index in [2.05, 4.69) is 0 Å². The summed E-state index contributed by atoms with van der Waals surface area (Å²) in [6.45, 7) is 3.71. The third-order valence-corrected chi connectivity index (χ3v) is 1.82. The predicted octanol–water partition coefficient (Wildman–Crippen LogP) is 2.50. The molecule has 0 aliphatic carbocycles. The van der Waals surface area contributed by atoms with Gasteiger partial charge in [0.1, 0.15) is 6.26 Å². The molecule has 0 amide bonds. The summed E-state index contributed by atoms with van der Waals surface area (Å²) >= 11 is 0. The first-order valence-corrected chi connectivity index (χ1v) is 3.88. The standard InChI is InChI=1S/C10H10NO/c1-9-7-12-8-11(9)10-5-3-2-4-6-10/h2-8H,1H3. The molecule has 0 bridgehead atoms. The number of hydrogen-bond donors (Lipinski definition) is 0. The van der Waals surface area contributed by atoms with Gasteiger partial charge in [0.25, 0.3) is 0 Å². The van der Waals surface area contributed by atoms with Crippen molar-refractivity contribution in [1.29, 1.82) is 0 Å². The number of rotatable bonds is 1. The largest absolute Gasteiger partial charge is 0.470 e. The quantitative estimate of drug-likeness (QED) is 0.625. The molecule has 1 radical (unpaired) electrons. The highest BCUT2D eigenvalue weighted by atomic mass is 16.5. The SMILES string of the molecule is CC1=CO[CH]N1c1ccccc1. The van der Waals surface area contributed by atoms with Crippen LogP contribution < -0.4 is 4.90 Å². The summed E-state index contributed by atoms with van der Waals surface area (Å²) in [7, 11) is 0. The van der Waals surface area contributed by atoms with Crippen molar-refractivity contribution in [2.24, 2.45) is 0 Å². The van der Waals surface area contributed by atoms with Gasteiger partial charge in [-0.3, -0.25) is 0 Å². The van der Waals surface area contributed by atoms with Crippen molar-refractivity contribution in [3.63, 3.8) is 0 Å². The molecule has 0 saturated carbocycles. The number of benzene rings is 1. The van der Waals surface area contributed by atoms with E-state index in [0.717, 1.165) is 11.4 Å². The number of hydrogen-bond acceptors (Lipinski definition) is 2. The zero-order valence-corrected chi connectivity index (χ0v) is 6.90. The zero-order valence-electron chi connectivity index (χ0n) is 6.90. The molecule has 0 saturated heterocycles. The average molecular weight is 160 g/mol. The van der Waals surface area contributed by atoms with Crippen molar-refractivity contribution in [2.45, 2.75) is 6.92 Å². The molecule has 2 heteroatoms. The lowest BCUT2D eigenvalue weighted by molar-refractivity contribution is 0.356. The lowest BCUT2D eigenvalue weighted by atomic mass is 10.3. The van der Waals surface area contributed by atoms with Crippen LogP contribution >= 0.6 is 0 Å². The Morgan fingerprint density at radius 3 is 2.50 bits per heavy atom. The lowest BCUT2D eigenvalue weighted by Crippen LogP contribution is -2.12. The van der Waals surface area contributed by atoms with Crippen molar-refractivity contribution < 1.29 is 4.74 Å². The third kappa shape index (κ3) is 1.16. The van der Waals surface area contributed by atoms with Crippen molar-refractivity contribution in [1.82, 2.24) is 0 Å². The molecule has 12 heavy (non-hydrogen) atoms. The molecule has 1 heterocycles. The van der Waals surface area contributed by atoms with Gasteiger partial charge in [-0.15, -0.1) is 0 Å². The van der Waals surface area contributed by atoms with E-state index in [1.807, 2.05) is 42.2 Å². The van der Waals surface area contributed by atoms with E-state index in [9.17, 15) is 0 Å². The molecule has 1 aliphatic heterocycles. The topological polar surface area (TPSA) is 12.5 Å². The molecule has 61 valence electrons. The number of para-hydroxylation sites is 1. The Labute approximate surface area is 72.1 Å². The second kappa shape index (κ2) is 2.89. The lowest BCUT2D eigenvalue weighted by Gasteiger charge is -2.15. The van der Waals surface area contributed by atoms with E-state index in [1.165, 1.54) is 0 Å². The Morgan fingerprint density at radius 1 is 1.17 bits per heavy atom. The zero-order chi connectivity index (χ0) is 8.39. The highest BCUT2D eigenvalue weighted by molar-refractivity contribution is 5.53. The van der Waals surface area contributed by atoms with Crippen LogP contribution in [0.1, 0.15) is 6.92 Å². The van der Waals surface area contributed by atoms with Crippen LogP contribution in [0.3, 0.4) is 0 Å². The maximum absolute atomic E-state index is 5.06. The summed E-state index contributed by atoms with van der Waals surface area (Å²) in [5, 5.41) is 0. The highest BCUT2D eigenvalue weighted by Crippen LogP contribution is 2.24. The van der Waals surface area contributed by atoms with E-state index in [-0.39, 0.29) is 0 Å². The second-order valence-corrected chi connectivity index (χ2v) is 2.71. The van der Waals surface area contributed by atoms with Crippen LogP contribution in [0.25, 0.3) is 0 Å². The Kier molecular flexibility index (Phi) is 1.74. The van der Waals surface area contributed by atoms with Crippen molar-refractivity contribution >= 4 is 5.69 Å². The van der Waals surface area contributed by atoms with E-state index < -0.39 is 0 Å². The maximum Gasteiger partial charge on any atom is 0.232 e. The fourth-order valence-electron chi connectivity index (χ4n) is 1.18. The van der Waals surface area contributed by atoms with Gasteiger partial charge in [-0.2, -0.15) is 0 Å². The van der Waals surface area contributed by atoms with E-state index in [1.54, 1.807) is 13.0 Å². The predicted molar refractivity (Wildman–Crippen MR) is 48.1 cm³/mol. The molecule has 0 N–H and O–H groups in total. The third-order valence-electron chi connectivity index (χ3n) is 1.82. The van der Waals surface area contributed by atoms with Crippen molar-refractivity contribution in [3.05, 3.63) is 49.0 Å². The van der Waals surface area contributed by atoms with Gasteiger partial charge in [0.2, 0.25) is 6.73 Å². The summed E-state index contributed by atoms with van der Waals surface area (Å²) in [5.41, 5.74) is 2.23. The second-order valence-electron chi connectivity index (χ2n) is 2.71. The molecule has 2 nitrogen and oxygen atoms in total. The molecule has 2 rings (SSSR count).